The maximum atomic E-state index is 9.22. The molecular weight excluding hydrogens is 140 g/mol. The third kappa shape index (κ3) is 2.92. The number of aliphatic hydroxyl groups excluding tert-OH is 1. The van der Waals surface area contributed by atoms with E-state index in [4.69, 9.17) is 5.11 Å². The van der Waals surface area contributed by atoms with Crippen molar-refractivity contribution in [2.45, 2.75) is 25.9 Å². The Bertz CT molecular complexity index is 192. The fraction of sp³-hybridized carbons (Fsp3) is 0.778. The summed E-state index contributed by atoms with van der Waals surface area (Å²) in [6.07, 6.45) is 0.986. The average Bonchev–Trinajstić information content (AvgIpc) is 2.60. The highest BCUT2D eigenvalue weighted by atomic mass is 16.3. The lowest BCUT2D eigenvalue weighted by Gasteiger charge is -2.05. The van der Waals surface area contributed by atoms with E-state index in [1.165, 1.54) is 0 Å². The molecule has 0 aromatic heterocycles. The Morgan fingerprint density at radius 3 is 2.55 bits per heavy atom. The van der Waals surface area contributed by atoms with Crippen LogP contribution in [0.25, 0.3) is 0 Å². The molecule has 0 aromatic carbocycles. The van der Waals surface area contributed by atoms with Gasteiger partial charge in [-0.05, 0) is 26.2 Å². The second-order valence-electron chi connectivity index (χ2n) is 3.61. The SMILES string of the molecule is CC(C)(O)C#C[C@H]1C[C@H]1CO. The van der Waals surface area contributed by atoms with Gasteiger partial charge in [0, 0.05) is 12.5 Å². The summed E-state index contributed by atoms with van der Waals surface area (Å²) in [5, 5.41) is 17.9. The highest BCUT2D eigenvalue weighted by Gasteiger charge is 2.34. The molecule has 0 spiro atoms. The van der Waals surface area contributed by atoms with Crippen molar-refractivity contribution in [3.8, 4) is 11.8 Å². The van der Waals surface area contributed by atoms with Crippen LogP contribution in [0.1, 0.15) is 20.3 Å². The first-order valence-corrected chi connectivity index (χ1v) is 3.89. The molecular formula is C9H14O2. The maximum absolute atomic E-state index is 9.22. The van der Waals surface area contributed by atoms with Gasteiger partial charge in [-0.25, -0.2) is 0 Å². The zero-order valence-electron chi connectivity index (χ0n) is 6.96. The number of hydrogen-bond donors (Lipinski definition) is 2. The van der Waals surface area contributed by atoms with Gasteiger partial charge in [-0.15, -0.1) is 0 Å². The third-order valence-electron chi connectivity index (χ3n) is 1.72. The van der Waals surface area contributed by atoms with Gasteiger partial charge in [0.25, 0.3) is 0 Å². The minimum Gasteiger partial charge on any atom is -0.396 e. The van der Waals surface area contributed by atoms with Gasteiger partial charge < -0.3 is 10.2 Å². The highest BCUT2D eigenvalue weighted by molar-refractivity contribution is 5.18. The van der Waals surface area contributed by atoms with Gasteiger partial charge in [0.1, 0.15) is 5.60 Å². The Labute approximate surface area is 67.2 Å². The van der Waals surface area contributed by atoms with Gasteiger partial charge in [0.05, 0.1) is 0 Å². The summed E-state index contributed by atoms with van der Waals surface area (Å²) < 4.78 is 0. The van der Waals surface area contributed by atoms with E-state index in [1.807, 2.05) is 0 Å². The molecule has 0 amide bonds. The summed E-state index contributed by atoms with van der Waals surface area (Å²) in [4.78, 5) is 0. The molecule has 2 atom stereocenters. The minimum atomic E-state index is -0.886. The Kier molecular flexibility index (Phi) is 2.22. The number of rotatable bonds is 1. The van der Waals surface area contributed by atoms with E-state index in [0.29, 0.717) is 11.8 Å². The third-order valence-corrected chi connectivity index (χ3v) is 1.72. The van der Waals surface area contributed by atoms with Crippen LogP contribution in [0.4, 0.5) is 0 Å². The monoisotopic (exact) mass is 154 g/mol. The molecule has 1 saturated carbocycles. The van der Waals surface area contributed by atoms with E-state index in [1.54, 1.807) is 13.8 Å². The first-order valence-electron chi connectivity index (χ1n) is 3.89. The molecule has 2 heteroatoms. The molecule has 11 heavy (non-hydrogen) atoms. The number of aliphatic hydroxyl groups is 2. The van der Waals surface area contributed by atoms with Crippen LogP contribution in [0.2, 0.25) is 0 Å². The van der Waals surface area contributed by atoms with E-state index in [0.717, 1.165) is 6.42 Å². The molecule has 0 aliphatic heterocycles. The van der Waals surface area contributed by atoms with Crippen LogP contribution >= 0.6 is 0 Å². The van der Waals surface area contributed by atoms with Gasteiger partial charge in [-0.2, -0.15) is 0 Å². The maximum Gasteiger partial charge on any atom is 0.119 e. The molecule has 1 rings (SSSR count). The van der Waals surface area contributed by atoms with Crippen molar-refractivity contribution in [2.75, 3.05) is 6.61 Å². The molecule has 0 bridgehead atoms. The lowest BCUT2D eigenvalue weighted by atomic mass is 10.1. The molecule has 0 heterocycles. The second-order valence-corrected chi connectivity index (χ2v) is 3.61. The van der Waals surface area contributed by atoms with Crippen LogP contribution < -0.4 is 0 Å². The minimum absolute atomic E-state index is 0.227. The van der Waals surface area contributed by atoms with Crippen molar-refractivity contribution in [2.24, 2.45) is 11.8 Å². The summed E-state index contributed by atoms with van der Waals surface area (Å²) in [5.41, 5.74) is -0.886. The van der Waals surface area contributed by atoms with Crippen molar-refractivity contribution < 1.29 is 10.2 Å². The standard InChI is InChI=1S/C9H14O2/c1-9(2,11)4-3-7-5-8(7)6-10/h7-8,10-11H,5-6H2,1-2H3/t7-,8-/m0/s1. The fourth-order valence-corrected chi connectivity index (χ4v) is 0.895. The quantitative estimate of drug-likeness (QED) is 0.536. The first kappa shape index (κ1) is 8.58. The summed E-state index contributed by atoms with van der Waals surface area (Å²) in [7, 11) is 0. The smallest absolute Gasteiger partial charge is 0.119 e. The summed E-state index contributed by atoms with van der Waals surface area (Å²) in [6, 6.07) is 0. The van der Waals surface area contributed by atoms with Crippen molar-refractivity contribution in [3.63, 3.8) is 0 Å². The topological polar surface area (TPSA) is 40.5 Å². The van der Waals surface area contributed by atoms with Crippen LogP contribution in [0, 0.1) is 23.7 Å². The summed E-state index contributed by atoms with van der Waals surface area (Å²) in [6.45, 7) is 3.55. The van der Waals surface area contributed by atoms with E-state index < -0.39 is 5.60 Å². The van der Waals surface area contributed by atoms with Gasteiger partial charge >= 0.3 is 0 Å². The second kappa shape index (κ2) is 2.84. The lowest BCUT2D eigenvalue weighted by molar-refractivity contribution is 0.143. The molecule has 1 aliphatic rings. The zero-order valence-corrected chi connectivity index (χ0v) is 6.96. The molecule has 2 nitrogen and oxygen atoms in total. The van der Waals surface area contributed by atoms with Gasteiger partial charge in [0.2, 0.25) is 0 Å². The first-order chi connectivity index (χ1) is 5.03. The molecule has 0 saturated heterocycles. The van der Waals surface area contributed by atoms with Crippen LogP contribution in [0.5, 0.6) is 0 Å². The largest absolute Gasteiger partial charge is 0.396 e. The molecule has 1 fully saturated rings. The molecule has 0 radical (unpaired) electrons. The predicted octanol–water partition coefficient (Wildman–Crippen LogP) is 0.389. The van der Waals surface area contributed by atoms with Crippen molar-refractivity contribution >= 4 is 0 Å². The van der Waals surface area contributed by atoms with E-state index in [9.17, 15) is 5.11 Å². The predicted molar refractivity (Wildman–Crippen MR) is 42.8 cm³/mol. The van der Waals surface area contributed by atoms with Crippen molar-refractivity contribution in [1.29, 1.82) is 0 Å². The zero-order chi connectivity index (χ0) is 8.48. The Hall–Kier alpha value is -0.520. The van der Waals surface area contributed by atoms with Crippen molar-refractivity contribution in [1.82, 2.24) is 0 Å². The van der Waals surface area contributed by atoms with Crippen LogP contribution in [0.15, 0.2) is 0 Å². The summed E-state index contributed by atoms with van der Waals surface area (Å²) in [5.74, 6) is 6.37. The highest BCUT2D eigenvalue weighted by Crippen LogP contribution is 2.37. The summed E-state index contributed by atoms with van der Waals surface area (Å²) >= 11 is 0. The van der Waals surface area contributed by atoms with Crippen LogP contribution in [0.3, 0.4) is 0 Å². The molecule has 0 unspecified atom stereocenters. The van der Waals surface area contributed by atoms with Gasteiger partial charge in [0.15, 0.2) is 0 Å². The van der Waals surface area contributed by atoms with Gasteiger partial charge in [-0.1, -0.05) is 11.8 Å². The molecule has 1 aliphatic carbocycles. The fourth-order valence-electron chi connectivity index (χ4n) is 0.895. The van der Waals surface area contributed by atoms with E-state index in [-0.39, 0.29) is 6.61 Å². The molecule has 62 valence electrons. The van der Waals surface area contributed by atoms with Crippen LogP contribution in [-0.2, 0) is 0 Å². The van der Waals surface area contributed by atoms with E-state index in [2.05, 4.69) is 11.8 Å². The Morgan fingerprint density at radius 2 is 2.18 bits per heavy atom. The van der Waals surface area contributed by atoms with Gasteiger partial charge in [-0.3, -0.25) is 0 Å². The molecule has 2 N–H and O–H groups in total. The Morgan fingerprint density at radius 1 is 1.55 bits per heavy atom. The van der Waals surface area contributed by atoms with Crippen LogP contribution in [-0.4, -0.2) is 22.4 Å². The number of hydrogen-bond acceptors (Lipinski definition) is 2. The van der Waals surface area contributed by atoms with E-state index >= 15 is 0 Å². The normalized spacial score (nSPS) is 29.1. The lowest BCUT2D eigenvalue weighted by Crippen LogP contribution is -2.14. The average molecular weight is 154 g/mol. The molecule has 0 aromatic rings. The Balaban J connectivity index is 2.36. The van der Waals surface area contributed by atoms with Crippen molar-refractivity contribution in [3.05, 3.63) is 0 Å².